The lowest BCUT2D eigenvalue weighted by Crippen LogP contribution is -1.91. The fraction of sp³-hybridized carbons (Fsp3) is 0. The number of halogens is 1. The molecule has 2 rings (SSSR count). The minimum Gasteiger partial charge on any atom is -0.399 e. The van der Waals surface area contributed by atoms with Gasteiger partial charge in [0.1, 0.15) is 5.82 Å². The fourth-order valence-corrected chi connectivity index (χ4v) is 1.30. The van der Waals surface area contributed by atoms with Crippen LogP contribution in [0.25, 0.3) is 0 Å². The minimum atomic E-state index is -0.254. The maximum atomic E-state index is 12.9. The van der Waals surface area contributed by atoms with E-state index in [0.717, 1.165) is 11.4 Å². The maximum absolute atomic E-state index is 12.9. The molecule has 0 aliphatic rings. The maximum Gasteiger partial charge on any atom is 0.125 e. The van der Waals surface area contributed by atoms with Crippen molar-refractivity contribution in [1.82, 2.24) is 0 Å². The van der Waals surface area contributed by atoms with Crippen molar-refractivity contribution < 1.29 is 4.39 Å². The van der Waals surface area contributed by atoms with E-state index in [1.165, 1.54) is 12.1 Å². The van der Waals surface area contributed by atoms with Crippen LogP contribution in [0.4, 0.5) is 21.5 Å². The van der Waals surface area contributed by atoms with E-state index < -0.39 is 0 Å². The second-order valence-electron chi connectivity index (χ2n) is 3.26. The summed E-state index contributed by atoms with van der Waals surface area (Å²) in [5, 5.41) is 3.08. The normalized spacial score (nSPS) is 9.93. The van der Waals surface area contributed by atoms with Gasteiger partial charge in [-0.1, -0.05) is 6.07 Å². The fourth-order valence-electron chi connectivity index (χ4n) is 1.30. The second kappa shape index (κ2) is 4.00. The molecule has 0 aliphatic heterocycles. The van der Waals surface area contributed by atoms with Crippen LogP contribution in [-0.4, -0.2) is 0 Å². The third-order valence-corrected chi connectivity index (χ3v) is 2.02. The summed E-state index contributed by atoms with van der Waals surface area (Å²) in [7, 11) is 0. The zero-order chi connectivity index (χ0) is 10.7. The van der Waals surface area contributed by atoms with Crippen LogP contribution in [-0.2, 0) is 0 Å². The number of nitrogens with two attached hydrogens (primary N) is 1. The number of benzene rings is 2. The van der Waals surface area contributed by atoms with Crippen LogP contribution < -0.4 is 11.1 Å². The van der Waals surface area contributed by atoms with Crippen molar-refractivity contribution in [2.24, 2.45) is 0 Å². The van der Waals surface area contributed by atoms with Gasteiger partial charge in [0.15, 0.2) is 0 Å². The molecule has 0 saturated heterocycles. The van der Waals surface area contributed by atoms with Gasteiger partial charge in [-0.05, 0) is 42.5 Å². The predicted molar refractivity (Wildman–Crippen MR) is 60.5 cm³/mol. The smallest absolute Gasteiger partial charge is 0.125 e. The average molecular weight is 202 g/mol. The van der Waals surface area contributed by atoms with Gasteiger partial charge in [-0.15, -0.1) is 0 Å². The molecule has 0 atom stereocenters. The van der Waals surface area contributed by atoms with Gasteiger partial charge in [0.25, 0.3) is 0 Å². The van der Waals surface area contributed by atoms with E-state index in [4.69, 9.17) is 5.73 Å². The summed E-state index contributed by atoms with van der Waals surface area (Å²) >= 11 is 0. The van der Waals surface area contributed by atoms with Gasteiger partial charge in [-0.2, -0.15) is 0 Å². The van der Waals surface area contributed by atoms with Crippen LogP contribution >= 0.6 is 0 Å². The topological polar surface area (TPSA) is 38.0 Å². The molecular formula is C12H11FN2. The molecule has 0 heterocycles. The molecule has 0 saturated carbocycles. The van der Waals surface area contributed by atoms with Crippen LogP contribution in [0.15, 0.2) is 48.5 Å². The van der Waals surface area contributed by atoms with Crippen LogP contribution in [0.3, 0.4) is 0 Å². The van der Waals surface area contributed by atoms with Gasteiger partial charge in [0.2, 0.25) is 0 Å². The molecule has 76 valence electrons. The van der Waals surface area contributed by atoms with Crippen LogP contribution in [0.5, 0.6) is 0 Å². The van der Waals surface area contributed by atoms with E-state index in [1.807, 2.05) is 12.1 Å². The molecule has 3 heteroatoms. The van der Waals surface area contributed by atoms with Crippen LogP contribution in [0, 0.1) is 5.82 Å². The van der Waals surface area contributed by atoms with Gasteiger partial charge < -0.3 is 11.1 Å². The van der Waals surface area contributed by atoms with Crippen molar-refractivity contribution in [2.45, 2.75) is 0 Å². The largest absolute Gasteiger partial charge is 0.399 e. The third kappa shape index (κ3) is 2.47. The number of nitrogens with one attached hydrogen (secondary N) is 1. The Labute approximate surface area is 87.5 Å². The van der Waals surface area contributed by atoms with Gasteiger partial charge in [0, 0.05) is 17.1 Å². The average Bonchev–Trinajstić information content (AvgIpc) is 2.22. The Morgan fingerprint density at radius 3 is 2.33 bits per heavy atom. The highest BCUT2D eigenvalue weighted by Gasteiger charge is 1.95. The van der Waals surface area contributed by atoms with Crippen molar-refractivity contribution in [1.29, 1.82) is 0 Å². The van der Waals surface area contributed by atoms with Crippen LogP contribution in [0.2, 0.25) is 0 Å². The Bertz CT molecular complexity index is 451. The second-order valence-corrected chi connectivity index (χ2v) is 3.26. The van der Waals surface area contributed by atoms with Crippen LogP contribution in [0.1, 0.15) is 0 Å². The SMILES string of the molecule is Nc1ccc(Nc2cccc(F)c2)cc1. The Kier molecular flexibility index (Phi) is 2.54. The zero-order valence-corrected chi connectivity index (χ0v) is 8.07. The molecule has 2 nitrogen and oxygen atoms in total. The van der Waals surface area contributed by atoms with Crippen molar-refractivity contribution in [3.63, 3.8) is 0 Å². The summed E-state index contributed by atoms with van der Waals surface area (Å²) < 4.78 is 12.9. The molecule has 2 aromatic carbocycles. The molecular weight excluding hydrogens is 191 g/mol. The Hall–Kier alpha value is -2.03. The van der Waals surface area contributed by atoms with E-state index >= 15 is 0 Å². The molecule has 3 N–H and O–H groups in total. The highest BCUT2D eigenvalue weighted by Crippen LogP contribution is 2.18. The summed E-state index contributed by atoms with van der Waals surface area (Å²) in [6.45, 7) is 0. The number of hydrogen-bond donors (Lipinski definition) is 2. The molecule has 0 amide bonds. The third-order valence-electron chi connectivity index (χ3n) is 2.02. The first kappa shape index (κ1) is 9.52. The van der Waals surface area contributed by atoms with E-state index in [2.05, 4.69) is 5.32 Å². The zero-order valence-electron chi connectivity index (χ0n) is 8.07. The Balaban J connectivity index is 2.18. The quantitative estimate of drug-likeness (QED) is 0.734. The van der Waals surface area contributed by atoms with Crippen molar-refractivity contribution in [3.8, 4) is 0 Å². The van der Waals surface area contributed by atoms with Crippen molar-refractivity contribution >= 4 is 17.1 Å². The predicted octanol–water partition coefficient (Wildman–Crippen LogP) is 3.15. The Morgan fingerprint density at radius 1 is 0.933 bits per heavy atom. The molecule has 0 aromatic heterocycles. The number of anilines is 3. The van der Waals surface area contributed by atoms with Gasteiger partial charge in [-0.3, -0.25) is 0 Å². The first-order valence-corrected chi connectivity index (χ1v) is 4.62. The first-order chi connectivity index (χ1) is 7.24. The minimum absolute atomic E-state index is 0.254. The molecule has 15 heavy (non-hydrogen) atoms. The summed E-state index contributed by atoms with van der Waals surface area (Å²) in [6.07, 6.45) is 0. The van der Waals surface area contributed by atoms with E-state index in [0.29, 0.717) is 5.69 Å². The lowest BCUT2D eigenvalue weighted by molar-refractivity contribution is 0.628. The van der Waals surface area contributed by atoms with E-state index in [-0.39, 0.29) is 5.82 Å². The summed E-state index contributed by atoms with van der Waals surface area (Å²) in [5.41, 5.74) is 7.87. The molecule has 0 fully saturated rings. The van der Waals surface area contributed by atoms with Gasteiger partial charge in [0.05, 0.1) is 0 Å². The lowest BCUT2D eigenvalue weighted by atomic mass is 10.2. The first-order valence-electron chi connectivity index (χ1n) is 4.62. The Morgan fingerprint density at radius 2 is 1.67 bits per heavy atom. The summed E-state index contributed by atoms with van der Waals surface area (Å²) in [4.78, 5) is 0. The van der Waals surface area contributed by atoms with Crippen molar-refractivity contribution in [2.75, 3.05) is 11.1 Å². The number of nitrogen functional groups attached to an aromatic ring is 1. The standard InChI is InChI=1S/C12H11FN2/c13-9-2-1-3-12(8-9)15-11-6-4-10(14)5-7-11/h1-8,15H,14H2. The van der Waals surface area contributed by atoms with E-state index in [9.17, 15) is 4.39 Å². The summed E-state index contributed by atoms with van der Waals surface area (Å²) in [5.74, 6) is -0.254. The number of hydrogen-bond acceptors (Lipinski definition) is 2. The molecule has 2 aromatic rings. The molecule has 0 spiro atoms. The highest BCUT2D eigenvalue weighted by atomic mass is 19.1. The highest BCUT2D eigenvalue weighted by molar-refractivity contribution is 5.61. The van der Waals surface area contributed by atoms with Gasteiger partial charge >= 0.3 is 0 Å². The van der Waals surface area contributed by atoms with Crippen molar-refractivity contribution in [3.05, 3.63) is 54.3 Å². The number of rotatable bonds is 2. The van der Waals surface area contributed by atoms with Gasteiger partial charge in [-0.25, -0.2) is 4.39 Å². The summed E-state index contributed by atoms with van der Waals surface area (Å²) in [6, 6.07) is 13.6. The molecule has 0 bridgehead atoms. The lowest BCUT2D eigenvalue weighted by Gasteiger charge is -2.06. The molecule has 0 radical (unpaired) electrons. The molecule has 0 unspecified atom stereocenters. The molecule has 0 aliphatic carbocycles. The van der Waals surface area contributed by atoms with E-state index in [1.54, 1.807) is 24.3 Å². The monoisotopic (exact) mass is 202 g/mol.